The summed E-state index contributed by atoms with van der Waals surface area (Å²) in [6.45, 7) is 4.35. The van der Waals surface area contributed by atoms with Crippen LogP contribution < -0.4 is 15.4 Å². The van der Waals surface area contributed by atoms with E-state index < -0.39 is 5.41 Å². The highest BCUT2D eigenvalue weighted by molar-refractivity contribution is 6.14. The molecule has 2 aliphatic rings. The largest absolute Gasteiger partial charge is 0.420 e. The van der Waals surface area contributed by atoms with E-state index in [0.717, 1.165) is 16.9 Å². The number of anilines is 1. The molecule has 1 spiro atoms. The number of hydrogen-bond acceptors (Lipinski definition) is 5. The van der Waals surface area contributed by atoms with Crippen molar-refractivity contribution >= 4 is 11.6 Å². The number of nitrogens with zero attached hydrogens (tertiary/aromatic N) is 3. The molecule has 1 unspecified atom stereocenters. The second-order valence-electron chi connectivity index (χ2n) is 6.01. The maximum Gasteiger partial charge on any atom is 0.247 e. The SMILES string of the molecule is CCc1[nH]nc2c1C1(C(=O)N(CC)c3ccccc31)C(C#N)=C(N)O2. The number of benzene rings is 1. The molecule has 7 nitrogen and oxygen atoms in total. The number of carbonyl (C=O) groups excluding carboxylic acids is 1. The lowest BCUT2D eigenvalue weighted by Crippen LogP contribution is -2.46. The van der Waals surface area contributed by atoms with Gasteiger partial charge in [-0.25, -0.2) is 0 Å². The number of aromatic nitrogens is 2. The predicted molar refractivity (Wildman–Crippen MR) is 90.7 cm³/mol. The Morgan fingerprint density at radius 2 is 2.16 bits per heavy atom. The Kier molecular flexibility index (Phi) is 3.12. The number of aromatic amines is 1. The molecule has 3 N–H and O–H groups in total. The molecule has 7 heteroatoms. The van der Waals surface area contributed by atoms with Gasteiger partial charge in [0, 0.05) is 23.5 Å². The summed E-state index contributed by atoms with van der Waals surface area (Å²) in [5, 5.41) is 17.0. The monoisotopic (exact) mass is 335 g/mol. The summed E-state index contributed by atoms with van der Waals surface area (Å²) in [5.74, 6) is -0.0175. The molecule has 4 rings (SSSR count). The highest BCUT2D eigenvalue weighted by Gasteiger charge is 2.60. The van der Waals surface area contributed by atoms with Crippen LogP contribution in [-0.2, 0) is 16.6 Å². The first-order valence-corrected chi connectivity index (χ1v) is 8.18. The lowest BCUT2D eigenvalue weighted by molar-refractivity contribution is -0.120. The van der Waals surface area contributed by atoms with Crippen molar-refractivity contribution in [1.29, 1.82) is 5.26 Å². The molecule has 0 saturated heterocycles. The van der Waals surface area contributed by atoms with Crippen LogP contribution >= 0.6 is 0 Å². The smallest absolute Gasteiger partial charge is 0.247 e. The third-order valence-corrected chi connectivity index (χ3v) is 4.96. The number of nitriles is 1. The Hall–Kier alpha value is -3.27. The highest BCUT2D eigenvalue weighted by atomic mass is 16.5. The molecule has 0 fully saturated rings. The van der Waals surface area contributed by atoms with Gasteiger partial charge in [-0.2, -0.15) is 5.26 Å². The molecular weight excluding hydrogens is 318 g/mol. The zero-order valence-electron chi connectivity index (χ0n) is 14.0. The summed E-state index contributed by atoms with van der Waals surface area (Å²) in [5.41, 5.74) is 7.71. The molecule has 25 heavy (non-hydrogen) atoms. The van der Waals surface area contributed by atoms with E-state index >= 15 is 0 Å². The lowest BCUT2D eigenvalue weighted by Gasteiger charge is -2.32. The summed E-state index contributed by atoms with van der Waals surface area (Å²) in [7, 11) is 0. The minimum atomic E-state index is -1.31. The Bertz CT molecular complexity index is 968. The molecule has 126 valence electrons. The lowest BCUT2D eigenvalue weighted by atomic mass is 9.69. The van der Waals surface area contributed by atoms with Crippen LogP contribution in [-0.4, -0.2) is 22.6 Å². The van der Waals surface area contributed by atoms with Crippen LogP contribution in [0.2, 0.25) is 0 Å². The normalized spacial score (nSPS) is 21.2. The number of carbonyl (C=O) groups is 1. The zero-order valence-corrected chi connectivity index (χ0v) is 14.0. The summed E-state index contributed by atoms with van der Waals surface area (Å²) < 4.78 is 5.56. The first-order chi connectivity index (χ1) is 12.1. The third-order valence-electron chi connectivity index (χ3n) is 4.96. The fraction of sp³-hybridized carbons (Fsp3) is 0.278. The molecule has 1 amide bonds. The number of fused-ring (bicyclic) bond motifs is 4. The summed E-state index contributed by atoms with van der Waals surface area (Å²) in [6.07, 6.45) is 0.619. The number of rotatable bonds is 2. The molecule has 1 atom stereocenters. The molecular formula is C18H17N5O2. The van der Waals surface area contributed by atoms with Gasteiger partial charge in [0.2, 0.25) is 17.7 Å². The van der Waals surface area contributed by atoms with E-state index in [1.807, 2.05) is 38.1 Å². The first-order valence-electron chi connectivity index (χ1n) is 8.18. The van der Waals surface area contributed by atoms with Crippen molar-refractivity contribution < 1.29 is 9.53 Å². The van der Waals surface area contributed by atoms with E-state index in [1.165, 1.54) is 0 Å². The van der Waals surface area contributed by atoms with Crippen LogP contribution in [0.4, 0.5) is 5.69 Å². The van der Waals surface area contributed by atoms with Gasteiger partial charge in [-0.05, 0) is 19.4 Å². The number of aryl methyl sites for hydroxylation is 1. The summed E-state index contributed by atoms with van der Waals surface area (Å²) in [6, 6.07) is 9.62. The van der Waals surface area contributed by atoms with Crippen molar-refractivity contribution in [2.45, 2.75) is 25.7 Å². The predicted octanol–water partition coefficient (Wildman–Crippen LogP) is 1.71. The van der Waals surface area contributed by atoms with Gasteiger partial charge in [0.1, 0.15) is 17.1 Å². The highest BCUT2D eigenvalue weighted by Crippen LogP contribution is 2.55. The Morgan fingerprint density at radius 1 is 1.40 bits per heavy atom. The topological polar surface area (TPSA) is 108 Å². The standard InChI is InChI=1S/C18H17N5O2/c1-3-12-14-16(22-21-12)25-15(20)11(9-19)18(14)10-7-5-6-8-13(10)23(4-2)17(18)24/h5-8H,3-4,20H2,1-2H3,(H,21,22). The minimum absolute atomic E-state index is 0.0785. The zero-order chi connectivity index (χ0) is 17.8. The van der Waals surface area contributed by atoms with Gasteiger partial charge in [0.05, 0.1) is 5.56 Å². The molecule has 1 aromatic heterocycles. The Morgan fingerprint density at radius 3 is 2.84 bits per heavy atom. The number of ether oxygens (including phenoxy) is 1. The Balaban J connectivity index is 2.17. The second-order valence-corrected chi connectivity index (χ2v) is 6.01. The third kappa shape index (κ3) is 1.63. The number of nitrogens with one attached hydrogen (secondary N) is 1. The van der Waals surface area contributed by atoms with Gasteiger partial charge >= 0.3 is 0 Å². The number of amides is 1. The Labute approximate surface area is 144 Å². The molecule has 0 saturated carbocycles. The maximum absolute atomic E-state index is 13.6. The van der Waals surface area contributed by atoms with Crippen LogP contribution in [0.25, 0.3) is 0 Å². The van der Waals surface area contributed by atoms with Gasteiger partial charge in [0.25, 0.3) is 0 Å². The molecule has 3 heterocycles. The van der Waals surface area contributed by atoms with E-state index in [0.29, 0.717) is 18.5 Å². The molecule has 0 bridgehead atoms. The number of likely N-dealkylation sites (N-methyl/N-ethyl adjacent to an activating group) is 1. The first kappa shape index (κ1) is 15.3. The van der Waals surface area contributed by atoms with Gasteiger partial charge in [-0.3, -0.25) is 9.89 Å². The van der Waals surface area contributed by atoms with Gasteiger partial charge in [-0.1, -0.05) is 25.1 Å². The average Bonchev–Trinajstić information content (AvgIpc) is 3.13. The molecule has 0 aliphatic carbocycles. The van der Waals surface area contributed by atoms with Crippen LogP contribution in [0.1, 0.15) is 30.7 Å². The van der Waals surface area contributed by atoms with Crippen molar-refractivity contribution in [1.82, 2.24) is 10.2 Å². The molecule has 2 aromatic rings. The van der Waals surface area contributed by atoms with Crippen LogP contribution in [0.5, 0.6) is 5.88 Å². The van der Waals surface area contributed by atoms with Gasteiger partial charge < -0.3 is 15.4 Å². The summed E-state index contributed by atoms with van der Waals surface area (Å²) >= 11 is 0. The maximum atomic E-state index is 13.6. The van der Waals surface area contributed by atoms with Crippen LogP contribution in [0, 0.1) is 11.3 Å². The molecule has 1 aromatic carbocycles. The van der Waals surface area contributed by atoms with Crippen molar-refractivity contribution in [3.05, 3.63) is 52.5 Å². The number of H-pyrrole nitrogens is 1. The van der Waals surface area contributed by atoms with E-state index in [2.05, 4.69) is 16.3 Å². The second kappa shape index (κ2) is 5.11. The van der Waals surface area contributed by atoms with E-state index in [-0.39, 0.29) is 23.2 Å². The number of para-hydroxylation sites is 1. The van der Waals surface area contributed by atoms with Crippen molar-refractivity contribution in [2.75, 3.05) is 11.4 Å². The van der Waals surface area contributed by atoms with Crippen molar-refractivity contribution in [3.63, 3.8) is 0 Å². The van der Waals surface area contributed by atoms with Gasteiger partial charge in [-0.15, -0.1) is 5.10 Å². The van der Waals surface area contributed by atoms with Crippen molar-refractivity contribution in [3.8, 4) is 11.9 Å². The van der Waals surface area contributed by atoms with E-state index in [4.69, 9.17) is 10.5 Å². The quantitative estimate of drug-likeness (QED) is 0.868. The van der Waals surface area contributed by atoms with E-state index in [9.17, 15) is 10.1 Å². The van der Waals surface area contributed by atoms with Crippen LogP contribution in [0.15, 0.2) is 35.7 Å². The number of nitrogens with two attached hydrogens (primary N) is 1. The fourth-order valence-corrected chi connectivity index (χ4v) is 3.93. The molecule has 0 radical (unpaired) electrons. The van der Waals surface area contributed by atoms with Crippen molar-refractivity contribution in [2.24, 2.45) is 5.73 Å². The molecule has 2 aliphatic heterocycles. The summed E-state index contributed by atoms with van der Waals surface area (Å²) in [4.78, 5) is 15.3. The minimum Gasteiger partial charge on any atom is -0.420 e. The number of hydrogen-bond donors (Lipinski definition) is 2. The average molecular weight is 335 g/mol. The van der Waals surface area contributed by atoms with Crippen LogP contribution in [0.3, 0.4) is 0 Å². The fourth-order valence-electron chi connectivity index (χ4n) is 3.93. The van der Waals surface area contributed by atoms with E-state index in [1.54, 1.807) is 4.90 Å². The van der Waals surface area contributed by atoms with Gasteiger partial charge in [0.15, 0.2) is 0 Å².